The van der Waals surface area contributed by atoms with Gasteiger partial charge in [-0.3, -0.25) is 0 Å². The molecule has 266 valence electrons. The molecule has 9 aromatic carbocycles. The summed E-state index contributed by atoms with van der Waals surface area (Å²) in [6, 6.07) is 70.1. The molecule has 0 bridgehead atoms. The molecule has 0 aliphatic heterocycles. The highest BCUT2D eigenvalue weighted by Crippen LogP contribution is 2.39. The zero-order valence-corrected chi connectivity index (χ0v) is 30.8. The summed E-state index contributed by atoms with van der Waals surface area (Å²) < 4.78 is 6.44. The average molecular weight is 728 g/mol. The molecule has 0 fully saturated rings. The number of para-hydroxylation sites is 2. The lowest BCUT2D eigenvalue weighted by Crippen LogP contribution is -2.00. The van der Waals surface area contributed by atoms with E-state index in [0.717, 1.165) is 49.8 Å². The lowest BCUT2D eigenvalue weighted by Gasteiger charge is -2.14. The van der Waals surface area contributed by atoms with Gasteiger partial charge in [-0.05, 0) is 91.3 Å². The largest absolute Gasteiger partial charge is 0.455 e. The van der Waals surface area contributed by atoms with Gasteiger partial charge in [0.25, 0.3) is 0 Å². The highest BCUT2D eigenvalue weighted by molar-refractivity contribution is 6.15. The van der Waals surface area contributed by atoms with E-state index in [1.165, 1.54) is 43.8 Å². The Morgan fingerprint density at radius 1 is 0.281 bits per heavy atom. The summed E-state index contributed by atoms with van der Waals surface area (Å²) in [5, 5.41) is 6.91. The standard InChI is InChI=1S/C53H33N3O/c1-3-14-34(15-4-1)36-18-11-19-37(30-36)38-28-29-40-33-48(43-23-8-7-22-42(43)47(40)32-38)39-20-12-21-41(31-39)52-54-51(35-16-5-2-6-17-35)55-53(56-52)46-26-13-25-45-44-24-9-10-27-49(44)57-50(45)46/h1-33H. The third kappa shape index (κ3) is 5.83. The van der Waals surface area contributed by atoms with Crippen molar-refractivity contribution in [1.29, 1.82) is 0 Å². The Morgan fingerprint density at radius 2 is 0.825 bits per heavy atom. The van der Waals surface area contributed by atoms with Crippen LogP contribution in [0.4, 0.5) is 0 Å². The van der Waals surface area contributed by atoms with E-state index < -0.39 is 0 Å². The predicted molar refractivity (Wildman–Crippen MR) is 235 cm³/mol. The molecule has 0 radical (unpaired) electrons. The van der Waals surface area contributed by atoms with Crippen LogP contribution in [0.3, 0.4) is 0 Å². The first-order valence-corrected chi connectivity index (χ1v) is 19.2. The van der Waals surface area contributed by atoms with Crippen LogP contribution in [0.2, 0.25) is 0 Å². The van der Waals surface area contributed by atoms with Gasteiger partial charge in [0.1, 0.15) is 11.2 Å². The monoisotopic (exact) mass is 727 g/mol. The molecule has 0 spiro atoms. The smallest absolute Gasteiger partial charge is 0.167 e. The van der Waals surface area contributed by atoms with Crippen molar-refractivity contribution < 1.29 is 4.42 Å². The van der Waals surface area contributed by atoms with E-state index in [4.69, 9.17) is 19.4 Å². The van der Waals surface area contributed by atoms with Gasteiger partial charge in [0.15, 0.2) is 17.5 Å². The molecule has 4 heteroatoms. The van der Waals surface area contributed by atoms with Crippen molar-refractivity contribution in [2.75, 3.05) is 0 Å². The molecule has 57 heavy (non-hydrogen) atoms. The summed E-state index contributed by atoms with van der Waals surface area (Å²) in [6.45, 7) is 0. The molecule has 4 nitrogen and oxygen atoms in total. The van der Waals surface area contributed by atoms with E-state index in [1.807, 2.05) is 60.7 Å². The van der Waals surface area contributed by atoms with Crippen LogP contribution in [0.25, 0.3) is 111 Å². The first kappa shape index (κ1) is 32.7. The molecule has 0 aliphatic rings. The molecular weight excluding hydrogens is 695 g/mol. The van der Waals surface area contributed by atoms with Crippen LogP contribution < -0.4 is 0 Å². The summed E-state index contributed by atoms with van der Waals surface area (Å²) >= 11 is 0. The molecule has 0 unspecified atom stereocenters. The molecule has 0 aliphatic carbocycles. The number of hydrogen-bond donors (Lipinski definition) is 0. The highest BCUT2D eigenvalue weighted by Gasteiger charge is 2.18. The lowest BCUT2D eigenvalue weighted by molar-refractivity contribution is 0.669. The fourth-order valence-corrected chi connectivity index (χ4v) is 8.12. The van der Waals surface area contributed by atoms with Crippen molar-refractivity contribution in [1.82, 2.24) is 15.0 Å². The fraction of sp³-hybridized carbons (Fsp3) is 0. The van der Waals surface area contributed by atoms with E-state index in [9.17, 15) is 0 Å². The van der Waals surface area contributed by atoms with Crippen molar-refractivity contribution in [2.45, 2.75) is 0 Å². The second-order valence-electron chi connectivity index (χ2n) is 14.4. The van der Waals surface area contributed by atoms with Crippen molar-refractivity contribution in [2.24, 2.45) is 0 Å². The lowest BCUT2D eigenvalue weighted by atomic mass is 9.90. The number of hydrogen-bond acceptors (Lipinski definition) is 4. The number of nitrogens with zero attached hydrogens (tertiary/aromatic N) is 3. The second-order valence-corrected chi connectivity index (χ2v) is 14.4. The summed E-state index contributed by atoms with van der Waals surface area (Å²) in [5.74, 6) is 1.77. The fourth-order valence-electron chi connectivity index (χ4n) is 8.12. The van der Waals surface area contributed by atoms with E-state index in [1.54, 1.807) is 0 Å². The maximum atomic E-state index is 6.44. The topological polar surface area (TPSA) is 51.8 Å². The number of rotatable bonds is 6. The zero-order valence-electron chi connectivity index (χ0n) is 30.8. The molecule has 0 N–H and O–H groups in total. The van der Waals surface area contributed by atoms with Gasteiger partial charge in [-0.15, -0.1) is 0 Å². The average Bonchev–Trinajstić information content (AvgIpc) is 3.68. The summed E-state index contributed by atoms with van der Waals surface area (Å²) in [7, 11) is 0. The van der Waals surface area contributed by atoms with Gasteiger partial charge in [-0.25, -0.2) is 15.0 Å². The van der Waals surface area contributed by atoms with Crippen molar-refractivity contribution in [3.63, 3.8) is 0 Å². The molecule has 0 saturated heterocycles. The van der Waals surface area contributed by atoms with E-state index in [0.29, 0.717) is 17.5 Å². The van der Waals surface area contributed by atoms with Crippen LogP contribution >= 0.6 is 0 Å². The summed E-state index contributed by atoms with van der Waals surface area (Å²) in [6.07, 6.45) is 0. The quantitative estimate of drug-likeness (QED) is 0.160. The van der Waals surface area contributed by atoms with Crippen LogP contribution in [0.1, 0.15) is 0 Å². The first-order chi connectivity index (χ1) is 28.2. The van der Waals surface area contributed by atoms with E-state index in [-0.39, 0.29) is 0 Å². The molecule has 11 rings (SSSR count). The number of fused-ring (bicyclic) bond motifs is 6. The molecule has 2 aromatic heterocycles. The van der Waals surface area contributed by atoms with Gasteiger partial charge in [-0.2, -0.15) is 0 Å². The van der Waals surface area contributed by atoms with Crippen LogP contribution in [0.15, 0.2) is 205 Å². The van der Waals surface area contributed by atoms with Crippen molar-refractivity contribution in [3.8, 4) is 67.5 Å². The van der Waals surface area contributed by atoms with Crippen molar-refractivity contribution >= 4 is 43.5 Å². The number of benzene rings is 9. The summed E-state index contributed by atoms with van der Waals surface area (Å²) in [4.78, 5) is 15.3. The van der Waals surface area contributed by atoms with Gasteiger partial charge in [0.2, 0.25) is 0 Å². The Labute approximate surface area is 329 Å². The first-order valence-electron chi connectivity index (χ1n) is 19.2. The predicted octanol–water partition coefficient (Wildman–Crippen LogP) is 14.1. The Morgan fingerprint density at radius 3 is 1.63 bits per heavy atom. The normalized spacial score (nSPS) is 11.5. The van der Waals surface area contributed by atoms with Crippen LogP contribution in [0, 0.1) is 0 Å². The van der Waals surface area contributed by atoms with Crippen molar-refractivity contribution in [3.05, 3.63) is 200 Å². The minimum Gasteiger partial charge on any atom is -0.455 e. The maximum absolute atomic E-state index is 6.44. The Balaban J connectivity index is 1.04. The van der Waals surface area contributed by atoms with E-state index >= 15 is 0 Å². The van der Waals surface area contributed by atoms with Gasteiger partial charge >= 0.3 is 0 Å². The minimum absolute atomic E-state index is 0.565. The summed E-state index contributed by atoms with van der Waals surface area (Å²) in [5.41, 5.74) is 11.3. The number of furan rings is 1. The molecule has 0 saturated carbocycles. The Kier molecular flexibility index (Phi) is 7.78. The third-order valence-corrected chi connectivity index (χ3v) is 10.9. The minimum atomic E-state index is 0.565. The van der Waals surface area contributed by atoms with Crippen LogP contribution in [-0.2, 0) is 0 Å². The van der Waals surface area contributed by atoms with Gasteiger partial charge < -0.3 is 4.42 Å². The third-order valence-electron chi connectivity index (χ3n) is 10.9. The SMILES string of the molecule is c1ccc(-c2cccc(-c3ccc4cc(-c5cccc(-c6nc(-c7ccccc7)nc(-c7cccc8c7oc7ccccc78)n6)c5)c5ccccc5c4c3)c2)cc1. The zero-order chi connectivity index (χ0) is 37.7. The van der Waals surface area contributed by atoms with E-state index in [2.05, 4.69) is 140 Å². The van der Waals surface area contributed by atoms with Gasteiger partial charge in [-0.1, -0.05) is 164 Å². The molecule has 2 heterocycles. The van der Waals surface area contributed by atoms with Crippen LogP contribution in [0.5, 0.6) is 0 Å². The molecule has 0 atom stereocenters. The highest BCUT2D eigenvalue weighted by atomic mass is 16.3. The van der Waals surface area contributed by atoms with Gasteiger partial charge in [0, 0.05) is 21.9 Å². The number of aromatic nitrogens is 3. The molecule has 11 aromatic rings. The Hall–Kier alpha value is -7.69. The molecule has 0 amide bonds. The van der Waals surface area contributed by atoms with Gasteiger partial charge in [0.05, 0.1) is 5.56 Å². The second kappa shape index (κ2) is 13.6. The maximum Gasteiger partial charge on any atom is 0.167 e. The van der Waals surface area contributed by atoms with Crippen LogP contribution in [-0.4, -0.2) is 15.0 Å². The molecular formula is C53H33N3O. The Bertz CT molecular complexity index is 3300.